The van der Waals surface area contributed by atoms with E-state index in [1.165, 1.54) is 0 Å². The fourth-order valence-corrected chi connectivity index (χ4v) is 1.91. The van der Waals surface area contributed by atoms with Crippen LogP contribution in [0.15, 0.2) is 24.4 Å². The van der Waals surface area contributed by atoms with Crippen molar-refractivity contribution in [3.8, 4) is 0 Å². The third kappa shape index (κ3) is 5.64. The Morgan fingerprint density at radius 3 is 2.93 bits per heavy atom. The van der Waals surface area contributed by atoms with Gasteiger partial charge in [0.05, 0.1) is 5.69 Å². The lowest BCUT2D eigenvalue weighted by Gasteiger charge is -2.12. The Labute approximate surface area is 93.8 Å². The molecular formula is C11H18N2OS. The molecule has 0 fully saturated rings. The summed E-state index contributed by atoms with van der Waals surface area (Å²) in [4.78, 5) is 4.22. The standard InChI is InChI=1S/C11H18N2OS/c1-10(6-8-15(2)14)13-9-11-5-3-4-7-12-11/h3-5,7,10,13H,6,8-9H2,1-2H3. The van der Waals surface area contributed by atoms with Gasteiger partial charge >= 0.3 is 0 Å². The molecule has 1 rings (SSSR count). The van der Waals surface area contributed by atoms with Crippen molar-refractivity contribution in [3.05, 3.63) is 30.1 Å². The molecule has 0 amide bonds. The van der Waals surface area contributed by atoms with Gasteiger partial charge in [-0.05, 0) is 25.5 Å². The van der Waals surface area contributed by atoms with Gasteiger partial charge in [-0.15, -0.1) is 0 Å². The van der Waals surface area contributed by atoms with Gasteiger partial charge < -0.3 is 5.32 Å². The van der Waals surface area contributed by atoms with E-state index in [2.05, 4.69) is 17.2 Å². The van der Waals surface area contributed by atoms with Gasteiger partial charge in [0.2, 0.25) is 0 Å². The van der Waals surface area contributed by atoms with E-state index in [1.54, 1.807) is 12.5 Å². The molecule has 84 valence electrons. The molecule has 0 saturated heterocycles. The zero-order valence-corrected chi connectivity index (χ0v) is 10.1. The molecule has 0 saturated carbocycles. The van der Waals surface area contributed by atoms with Crippen molar-refractivity contribution >= 4 is 10.8 Å². The molecule has 0 aliphatic carbocycles. The van der Waals surface area contributed by atoms with Crippen LogP contribution in [0.1, 0.15) is 19.0 Å². The summed E-state index contributed by atoms with van der Waals surface area (Å²) in [6, 6.07) is 6.27. The average molecular weight is 226 g/mol. The highest BCUT2D eigenvalue weighted by atomic mass is 32.2. The Hall–Kier alpha value is -0.740. The van der Waals surface area contributed by atoms with Crippen LogP contribution in [0, 0.1) is 0 Å². The molecule has 2 atom stereocenters. The Morgan fingerprint density at radius 1 is 1.53 bits per heavy atom. The lowest BCUT2D eigenvalue weighted by atomic mass is 10.2. The summed E-state index contributed by atoms with van der Waals surface area (Å²) in [7, 11) is -0.690. The summed E-state index contributed by atoms with van der Waals surface area (Å²) in [6.45, 7) is 2.88. The molecule has 1 N–H and O–H groups in total. The largest absolute Gasteiger partial charge is 0.309 e. The predicted octanol–water partition coefficient (Wildman–Crippen LogP) is 1.33. The number of pyridine rings is 1. The van der Waals surface area contributed by atoms with E-state index >= 15 is 0 Å². The van der Waals surface area contributed by atoms with E-state index in [4.69, 9.17) is 0 Å². The number of hydrogen-bond acceptors (Lipinski definition) is 3. The van der Waals surface area contributed by atoms with Crippen molar-refractivity contribution in [2.24, 2.45) is 0 Å². The minimum Gasteiger partial charge on any atom is -0.309 e. The van der Waals surface area contributed by atoms with Crippen LogP contribution in [0.2, 0.25) is 0 Å². The van der Waals surface area contributed by atoms with E-state index in [1.807, 2.05) is 18.2 Å². The molecule has 2 unspecified atom stereocenters. The van der Waals surface area contributed by atoms with Crippen molar-refractivity contribution in [3.63, 3.8) is 0 Å². The minimum absolute atomic E-state index is 0.385. The number of nitrogens with one attached hydrogen (secondary N) is 1. The van der Waals surface area contributed by atoms with E-state index in [0.717, 1.165) is 24.4 Å². The Morgan fingerprint density at radius 2 is 2.33 bits per heavy atom. The topological polar surface area (TPSA) is 42.0 Å². The summed E-state index contributed by atoms with van der Waals surface area (Å²) < 4.78 is 10.9. The van der Waals surface area contributed by atoms with Crippen LogP contribution in [-0.4, -0.2) is 27.2 Å². The van der Waals surface area contributed by atoms with Crippen molar-refractivity contribution in [2.45, 2.75) is 25.9 Å². The van der Waals surface area contributed by atoms with E-state index < -0.39 is 10.8 Å². The Bertz CT molecular complexity index is 303. The van der Waals surface area contributed by atoms with Crippen LogP contribution in [0.25, 0.3) is 0 Å². The molecule has 0 aromatic carbocycles. The smallest absolute Gasteiger partial charge is 0.0541 e. The number of aromatic nitrogens is 1. The van der Waals surface area contributed by atoms with Gasteiger partial charge in [0.25, 0.3) is 0 Å². The molecular weight excluding hydrogens is 208 g/mol. The summed E-state index contributed by atoms with van der Waals surface area (Å²) >= 11 is 0. The first-order valence-electron chi connectivity index (χ1n) is 5.12. The van der Waals surface area contributed by atoms with Crippen molar-refractivity contribution in [1.29, 1.82) is 0 Å². The lowest BCUT2D eigenvalue weighted by molar-refractivity contribution is 0.530. The minimum atomic E-state index is -0.690. The van der Waals surface area contributed by atoms with Crippen molar-refractivity contribution in [1.82, 2.24) is 10.3 Å². The van der Waals surface area contributed by atoms with Crippen LogP contribution >= 0.6 is 0 Å². The van der Waals surface area contributed by atoms with E-state index in [9.17, 15) is 4.21 Å². The van der Waals surface area contributed by atoms with Crippen molar-refractivity contribution < 1.29 is 4.21 Å². The van der Waals surface area contributed by atoms with Crippen LogP contribution in [0.4, 0.5) is 0 Å². The third-order valence-electron chi connectivity index (χ3n) is 2.20. The maximum atomic E-state index is 10.9. The lowest BCUT2D eigenvalue weighted by Crippen LogP contribution is -2.27. The molecule has 3 nitrogen and oxygen atoms in total. The molecule has 1 aromatic rings. The average Bonchev–Trinajstić information content (AvgIpc) is 2.25. The number of nitrogens with zero attached hydrogens (tertiary/aromatic N) is 1. The zero-order valence-electron chi connectivity index (χ0n) is 9.27. The first kappa shape index (κ1) is 12.3. The Kier molecular flexibility index (Phi) is 5.50. The quantitative estimate of drug-likeness (QED) is 0.795. The van der Waals surface area contributed by atoms with Gasteiger partial charge in [0.1, 0.15) is 0 Å². The molecule has 1 aromatic heterocycles. The van der Waals surface area contributed by atoms with Gasteiger partial charge in [0.15, 0.2) is 0 Å². The SMILES string of the molecule is CC(CCS(C)=O)NCc1ccccn1. The van der Waals surface area contributed by atoms with Gasteiger partial charge in [-0.1, -0.05) is 6.07 Å². The molecule has 0 spiro atoms. The molecule has 1 heterocycles. The molecule has 0 bridgehead atoms. The summed E-state index contributed by atoms with van der Waals surface area (Å²) in [6.07, 6.45) is 4.48. The van der Waals surface area contributed by atoms with Crippen LogP contribution in [0.3, 0.4) is 0 Å². The number of hydrogen-bond donors (Lipinski definition) is 1. The maximum absolute atomic E-state index is 10.9. The van der Waals surface area contributed by atoms with Crippen LogP contribution in [0.5, 0.6) is 0 Å². The second-order valence-electron chi connectivity index (χ2n) is 3.67. The summed E-state index contributed by atoms with van der Waals surface area (Å²) in [5.74, 6) is 0.760. The second kappa shape index (κ2) is 6.69. The highest BCUT2D eigenvalue weighted by molar-refractivity contribution is 7.84. The molecule has 15 heavy (non-hydrogen) atoms. The maximum Gasteiger partial charge on any atom is 0.0541 e. The Balaban J connectivity index is 2.22. The fourth-order valence-electron chi connectivity index (χ4n) is 1.23. The van der Waals surface area contributed by atoms with E-state index in [0.29, 0.717) is 6.04 Å². The highest BCUT2D eigenvalue weighted by Gasteiger charge is 2.02. The second-order valence-corrected chi connectivity index (χ2v) is 5.22. The van der Waals surface area contributed by atoms with Gasteiger partial charge in [-0.25, -0.2) is 0 Å². The summed E-state index contributed by atoms with van der Waals surface area (Å²) in [5, 5.41) is 3.36. The number of rotatable bonds is 6. The first-order chi connectivity index (χ1) is 7.18. The molecule has 0 aliphatic rings. The van der Waals surface area contributed by atoms with Crippen molar-refractivity contribution in [2.75, 3.05) is 12.0 Å². The molecule has 0 radical (unpaired) electrons. The predicted molar refractivity (Wildman–Crippen MR) is 64.1 cm³/mol. The molecule has 0 aliphatic heterocycles. The third-order valence-corrected chi connectivity index (χ3v) is 3.01. The normalized spacial score (nSPS) is 14.8. The first-order valence-corrected chi connectivity index (χ1v) is 6.84. The van der Waals surface area contributed by atoms with Gasteiger partial charge in [-0.3, -0.25) is 9.19 Å². The van der Waals surface area contributed by atoms with E-state index in [-0.39, 0.29) is 0 Å². The summed E-state index contributed by atoms with van der Waals surface area (Å²) in [5.41, 5.74) is 1.04. The van der Waals surface area contributed by atoms with Gasteiger partial charge in [0, 0.05) is 41.6 Å². The zero-order chi connectivity index (χ0) is 11.1. The van der Waals surface area contributed by atoms with Crippen LogP contribution in [-0.2, 0) is 17.3 Å². The van der Waals surface area contributed by atoms with Gasteiger partial charge in [-0.2, -0.15) is 0 Å². The fraction of sp³-hybridized carbons (Fsp3) is 0.545. The van der Waals surface area contributed by atoms with Crippen LogP contribution < -0.4 is 5.32 Å². The molecule has 4 heteroatoms. The highest BCUT2D eigenvalue weighted by Crippen LogP contribution is 1.97. The monoisotopic (exact) mass is 226 g/mol.